The second-order valence-corrected chi connectivity index (χ2v) is 6.39. The van der Waals surface area contributed by atoms with Crippen LogP contribution in [0, 0.1) is 0 Å². The molecule has 2 aliphatic heterocycles. The van der Waals surface area contributed by atoms with Crippen LogP contribution in [0.3, 0.4) is 0 Å². The van der Waals surface area contributed by atoms with Crippen LogP contribution in [0.5, 0.6) is 0 Å². The molecule has 0 aliphatic carbocycles. The summed E-state index contributed by atoms with van der Waals surface area (Å²) in [6, 6.07) is 7.41. The lowest BCUT2D eigenvalue weighted by Crippen LogP contribution is -2.42. The van der Waals surface area contributed by atoms with Crippen LogP contribution in [0.25, 0.3) is 0 Å². The summed E-state index contributed by atoms with van der Waals surface area (Å²) in [6.45, 7) is 4.32. The number of nitrogens with one attached hydrogen (secondary N) is 2. The predicted octanol–water partition coefficient (Wildman–Crippen LogP) is 0.824. The second kappa shape index (κ2) is 7.10. The van der Waals surface area contributed by atoms with Crippen LogP contribution in [-0.2, 0) is 9.59 Å². The standard InChI is InChI=1S/C17H24N4O2/c1-20-7-4-8-21(10-9-20)12-17(23)19-15-11-16(22)18-14-6-3-2-5-13(14)15/h2-3,5-6,15H,4,7-12H2,1H3,(H,18,22)(H,19,23)/t15-/m1/s1. The Morgan fingerprint density at radius 3 is 2.96 bits per heavy atom. The molecule has 0 unspecified atom stereocenters. The minimum absolute atomic E-state index is 0.0101. The van der Waals surface area contributed by atoms with Gasteiger partial charge in [0.15, 0.2) is 0 Å². The van der Waals surface area contributed by atoms with Crippen LogP contribution >= 0.6 is 0 Å². The lowest BCUT2D eigenvalue weighted by Gasteiger charge is -2.27. The number of likely N-dealkylation sites (N-methyl/N-ethyl adjacent to an activating group) is 1. The smallest absolute Gasteiger partial charge is 0.234 e. The average molecular weight is 316 g/mol. The summed E-state index contributed by atoms with van der Waals surface area (Å²) in [4.78, 5) is 28.7. The van der Waals surface area contributed by atoms with E-state index >= 15 is 0 Å². The highest BCUT2D eigenvalue weighted by Crippen LogP contribution is 2.29. The molecular formula is C17H24N4O2. The van der Waals surface area contributed by atoms with Gasteiger partial charge in [-0.25, -0.2) is 0 Å². The Bertz CT molecular complexity index is 590. The van der Waals surface area contributed by atoms with Crippen molar-refractivity contribution in [2.75, 3.05) is 45.1 Å². The number of rotatable bonds is 3. The first-order valence-electron chi connectivity index (χ1n) is 8.21. The third-order valence-corrected chi connectivity index (χ3v) is 4.51. The first-order chi connectivity index (χ1) is 11.1. The molecule has 0 saturated carbocycles. The molecule has 23 heavy (non-hydrogen) atoms. The molecule has 1 aromatic rings. The van der Waals surface area contributed by atoms with E-state index in [2.05, 4.69) is 27.5 Å². The van der Waals surface area contributed by atoms with Gasteiger partial charge in [-0.15, -0.1) is 0 Å². The van der Waals surface area contributed by atoms with E-state index in [1.807, 2.05) is 24.3 Å². The molecule has 0 radical (unpaired) electrons. The molecule has 2 N–H and O–H groups in total. The highest BCUT2D eigenvalue weighted by atomic mass is 16.2. The molecule has 1 atom stereocenters. The average Bonchev–Trinajstić information content (AvgIpc) is 2.71. The second-order valence-electron chi connectivity index (χ2n) is 6.39. The van der Waals surface area contributed by atoms with Gasteiger partial charge >= 0.3 is 0 Å². The molecule has 0 bridgehead atoms. The fraction of sp³-hybridized carbons (Fsp3) is 0.529. The molecule has 3 rings (SSSR count). The molecule has 0 spiro atoms. The maximum absolute atomic E-state index is 12.4. The maximum atomic E-state index is 12.4. The SMILES string of the molecule is CN1CCCN(CC(=O)N[C@@H]2CC(=O)Nc3ccccc32)CC1. The van der Waals surface area contributed by atoms with E-state index < -0.39 is 0 Å². The van der Waals surface area contributed by atoms with Crippen LogP contribution in [0.15, 0.2) is 24.3 Å². The number of fused-ring (bicyclic) bond motifs is 1. The molecule has 1 fully saturated rings. The lowest BCUT2D eigenvalue weighted by atomic mass is 9.97. The number of hydrogen-bond acceptors (Lipinski definition) is 4. The number of hydrogen-bond donors (Lipinski definition) is 2. The number of benzene rings is 1. The van der Waals surface area contributed by atoms with Gasteiger partial charge in [-0.3, -0.25) is 14.5 Å². The fourth-order valence-corrected chi connectivity index (χ4v) is 3.24. The maximum Gasteiger partial charge on any atom is 0.234 e. The molecule has 2 amide bonds. The molecule has 6 nitrogen and oxygen atoms in total. The molecular weight excluding hydrogens is 292 g/mol. The van der Waals surface area contributed by atoms with E-state index in [-0.39, 0.29) is 17.9 Å². The zero-order chi connectivity index (χ0) is 16.2. The Morgan fingerprint density at radius 1 is 1.26 bits per heavy atom. The first kappa shape index (κ1) is 16.0. The third-order valence-electron chi connectivity index (χ3n) is 4.51. The molecule has 2 heterocycles. The van der Waals surface area contributed by atoms with Gasteiger partial charge in [-0.05, 0) is 38.2 Å². The van der Waals surface area contributed by atoms with Crippen LogP contribution < -0.4 is 10.6 Å². The van der Waals surface area contributed by atoms with Crippen molar-refractivity contribution in [3.63, 3.8) is 0 Å². The van der Waals surface area contributed by atoms with Gasteiger partial charge in [0, 0.05) is 18.8 Å². The van der Waals surface area contributed by atoms with Crippen LogP contribution in [-0.4, -0.2) is 61.4 Å². The number of carbonyl (C=O) groups is 2. The Kier molecular flexibility index (Phi) is 4.93. The number of para-hydroxylation sites is 1. The number of anilines is 1. The van der Waals surface area contributed by atoms with Crippen molar-refractivity contribution in [3.8, 4) is 0 Å². The van der Waals surface area contributed by atoms with Gasteiger partial charge in [-0.1, -0.05) is 18.2 Å². The zero-order valence-electron chi connectivity index (χ0n) is 13.5. The normalized spacial score (nSPS) is 22.8. The first-order valence-corrected chi connectivity index (χ1v) is 8.21. The molecule has 2 aliphatic rings. The van der Waals surface area contributed by atoms with Crippen molar-refractivity contribution in [3.05, 3.63) is 29.8 Å². The lowest BCUT2D eigenvalue weighted by molar-refractivity contribution is -0.123. The minimum Gasteiger partial charge on any atom is -0.348 e. The molecule has 124 valence electrons. The van der Waals surface area contributed by atoms with Gasteiger partial charge < -0.3 is 15.5 Å². The summed E-state index contributed by atoms with van der Waals surface area (Å²) in [5.74, 6) is -0.0607. The monoisotopic (exact) mass is 316 g/mol. The minimum atomic E-state index is -0.234. The highest BCUT2D eigenvalue weighted by molar-refractivity contribution is 5.95. The predicted molar refractivity (Wildman–Crippen MR) is 89.1 cm³/mol. The molecule has 6 heteroatoms. The van der Waals surface area contributed by atoms with Crippen molar-refractivity contribution in [1.82, 2.24) is 15.1 Å². The van der Waals surface area contributed by atoms with E-state index in [0.29, 0.717) is 13.0 Å². The highest BCUT2D eigenvalue weighted by Gasteiger charge is 2.26. The quantitative estimate of drug-likeness (QED) is 0.867. The Balaban J connectivity index is 1.60. The van der Waals surface area contributed by atoms with Crippen LogP contribution in [0.2, 0.25) is 0 Å². The largest absolute Gasteiger partial charge is 0.348 e. The van der Waals surface area contributed by atoms with Crippen molar-refractivity contribution in [2.45, 2.75) is 18.9 Å². The molecule has 1 aromatic carbocycles. The van der Waals surface area contributed by atoms with E-state index in [0.717, 1.165) is 43.9 Å². The number of nitrogens with zero attached hydrogens (tertiary/aromatic N) is 2. The summed E-state index contributed by atoms with van der Waals surface area (Å²) in [7, 11) is 2.11. The fourth-order valence-electron chi connectivity index (χ4n) is 3.24. The summed E-state index contributed by atoms with van der Waals surface area (Å²) >= 11 is 0. The number of amides is 2. The number of carbonyl (C=O) groups excluding carboxylic acids is 2. The van der Waals surface area contributed by atoms with E-state index in [9.17, 15) is 9.59 Å². The Morgan fingerprint density at radius 2 is 2.09 bits per heavy atom. The summed E-state index contributed by atoms with van der Waals surface area (Å²) in [6.07, 6.45) is 1.38. The van der Waals surface area contributed by atoms with E-state index in [4.69, 9.17) is 0 Å². The van der Waals surface area contributed by atoms with E-state index in [1.54, 1.807) is 0 Å². The van der Waals surface area contributed by atoms with Gasteiger partial charge in [0.1, 0.15) is 0 Å². The molecule has 0 aromatic heterocycles. The van der Waals surface area contributed by atoms with Crippen LogP contribution in [0.1, 0.15) is 24.4 Å². The van der Waals surface area contributed by atoms with Crippen molar-refractivity contribution < 1.29 is 9.59 Å². The summed E-state index contributed by atoms with van der Waals surface area (Å²) < 4.78 is 0. The van der Waals surface area contributed by atoms with Gasteiger partial charge in [0.05, 0.1) is 19.0 Å². The van der Waals surface area contributed by atoms with Gasteiger partial charge in [0.25, 0.3) is 0 Å². The third kappa shape index (κ3) is 4.09. The Labute approximate surface area is 136 Å². The zero-order valence-corrected chi connectivity index (χ0v) is 13.5. The van der Waals surface area contributed by atoms with Gasteiger partial charge in [-0.2, -0.15) is 0 Å². The van der Waals surface area contributed by atoms with Crippen molar-refractivity contribution >= 4 is 17.5 Å². The summed E-state index contributed by atoms with van der Waals surface area (Å²) in [5.41, 5.74) is 1.78. The van der Waals surface area contributed by atoms with Crippen molar-refractivity contribution in [1.29, 1.82) is 0 Å². The van der Waals surface area contributed by atoms with Gasteiger partial charge in [0.2, 0.25) is 11.8 Å². The molecule has 1 saturated heterocycles. The van der Waals surface area contributed by atoms with Crippen LogP contribution in [0.4, 0.5) is 5.69 Å². The Hall–Kier alpha value is -1.92. The topological polar surface area (TPSA) is 64.7 Å². The van der Waals surface area contributed by atoms with E-state index in [1.165, 1.54) is 0 Å². The van der Waals surface area contributed by atoms with Crippen molar-refractivity contribution in [2.24, 2.45) is 0 Å². The summed E-state index contributed by atoms with van der Waals surface area (Å²) in [5, 5.41) is 5.88.